The van der Waals surface area contributed by atoms with Crippen molar-refractivity contribution in [2.45, 2.75) is 38.1 Å². The van der Waals surface area contributed by atoms with Gasteiger partial charge < -0.3 is 10.2 Å². The fourth-order valence-electron chi connectivity index (χ4n) is 3.67. The van der Waals surface area contributed by atoms with Gasteiger partial charge in [-0.1, -0.05) is 30.3 Å². The summed E-state index contributed by atoms with van der Waals surface area (Å²) < 4.78 is 0. The van der Waals surface area contributed by atoms with Crippen LogP contribution in [0, 0.1) is 5.92 Å². The summed E-state index contributed by atoms with van der Waals surface area (Å²) in [6.45, 7) is 5.14. The average molecular weight is 258 g/mol. The number of nitrogens with one attached hydrogen (secondary N) is 1. The molecule has 3 rings (SSSR count). The largest absolute Gasteiger partial charge is 0.314 e. The second-order valence-electron chi connectivity index (χ2n) is 6.14. The van der Waals surface area contributed by atoms with Crippen LogP contribution in [0.3, 0.4) is 0 Å². The Balaban J connectivity index is 1.41. The first kappa shape index (κ1) is 13.1. The SMILES string of the molecule is c1ccc(CCCN2CC[C@@H]3NCCC[C@@H]3C2)cc1. The van der Waals surface area contributed by atoms with E-state index in [9.17, 15) is 0 Å². The van der Waals surface area contributed by atoms with Gasteiger partial charge in [-0.2, -0.15) is 0 Å². The second kappa shape index (κ2) is 6.53. The van der Waals surface area contributed by atoms with Gasteiger partial charge in [0, 0.05) is 12.6 Å². The van der Waals surface area contributed by atoms with E-state index < -0.39 is 0 Å². The van der Waals surface area contributed by atoms with E-state index in [0.29, 0.717) is 0 Å². The molecule has 0 radical (unpaired) electrons. The van der Waals surface area contributed by atoms with Gasteiger partial charge in [-0.05, 0) is 63.2 Å². The number of hydrogen-bond acceptors (Lipinski definition) is 2. The molecule has 1 N–H and O–H groups in total. The van der Waals surface area contributed by atoms with Crippen molar-refractivity contribution >= 4 is 0 Å². The van der Waals surface area contributed by atoms with Crippen LogP contribution in [0.2, 0.25) is 0 Å². The fraction of sp³-hybridized carbons (Fsp3) is 0.647. The lowest BCUT2D eigenvalue weighted by Crippen LogP contribution is -2.52. The van der Waals surface area contributed by atoms with Crippen LogP contribution in [-0.2, 0) is 6.42 Å². The molecule has 0 aliphatic carbocycles. The number of benzene rings is 1. The van der Waals surface area contributed by atoms with Crippen LogP contribution in [0.1, 0.15) is 31.2 Å². The van der Waals surface area contributed by atoms with E-state index in [4.69, 9.17) is 0 Å². The van der Waals surface area contributed by atoms with Crippen LogP contribution in [0.15, 0.2) is 30.3 Å². The summed E-state index contributed by atoms with van der Waals surface area (Å²) in [5.74, 6) is 0.916. The summed E-state index contributed by atoms with van der Waals surface area (Å²) in [4.78, 5) is 2.69. The van der Waals surface area contributed by atoms with Crippen molar-refractivity contribution in [2.24, 2.45) is 5.92 Å². The van der Waals surface area contributed by atoms with Crippen molar-refractivity contribution in [3.63, 3.8) is 0 Å². The van der Waals surface area contributed by atoms with E-state index in [1.807, 2.05) is 0 Å². The normalized spacial score (nSPS) is 28.0. The Morgan fingerprint density at radius 3 is 2.95 bits per heavy atom. The highest BCUT2D eigenvalue weighted by Gasteiger charge is 2.30. The molecule has 19 heavy (non-hydrogen) atoms. The number of piperidine rings is 2. The molecule has 2 heterocycles. The van der Waals surface area contributed by atoms with Crippen LogP contribution < -0.4 is 5.32 Å². The van der Waals surface area contributed by atoms with Gasteiger partial charge in [0.25, 0.3) is 0 Å². The zero-order valence-corrected chi connectivity index (χ0v) is 11.9. The highest BCUT2D eigenvalue weighted by atomic mass is 15.1. The highest BCUT2D eigenvalue weighted by Crippen LogP contribution is 2.24. The Morgan fingerprint density at radius 1 is 1.16 bits per heavy atom. The molecule has 0 unspecified atom stereocenters. The topological polar surface area (TPSA) is 15.3 Å². The third-order valence-corrected chi connectivity index (χ3v) is 4.76. The molecule has 2 fully saturated rings. The zero-order chi connectivity index (χ0) is 12.9. The Kier molecular flexibility index (Phi) is 4.52. The summed E-state index contributed by atoms with van der Waals surface area (Å²) in [7, 11) is 0. The van der Waals surface area contributed by atoms with Gasteiger partial charge >= 0.3 is 0 Å². The molecule has 0 aromatic heterocycles. The molecule has 2 atom stereocenters. The first-order valence-corrected chi connectivity index (χ1v) is 7.91. The van der Waals surface area contributed by atoms with Gasteiger partial charge in [0.05, 0.1) is 0 Å². The summed E-state index contributed by atoms with van der Waals surface area (Å²) in [5, 5.41) is 3.70. The number of nitrogens with zero attached hydrogens (tertiary/aromatic N) is 1. The predicted octanol–water partition coefficient (Wildman–Crippen LogP) is 2.69. The standard InChI is InChI=1S/C17H26N2/c1-2-6-15(7-3-1)8-5-12-19-13-10-17-16(14-19)9-4-11-18-17/h1-3,6-7,16-18H,4-5,8-14H2/t16-,17+/m1/s1. The number of rotatable bonds is 4. The summed E-state index contributed by atoms with van der Waals surface area (Å²) in [5.41, 5.74) is 1.48. The van der Waals surface area contributed by atoms with Crippen molar-refractivity contribution in [2.75, 3.05) is 26.2 Å². The molecule has 0 amide bonds. The van der Waals surface area contributed by atoms with Crippen LogP contribution in [0.4, 0.5) is 0 Å². The van der Waals surface area contributed by atoms with Crippen LogP contribution in [-0.4, -0.2) is 37.1 Å². The molecule has 2 heteroatoms. The molecule has 1 aromatic carbocycles. The van der Waals surface area contributed by atoms with Crippen molar-refractivity contribution in [3.8, 4) is 0 Å². The summed E-state index contributed by atoms with van der Waals surface area (Å²) >= 11 is 0. The number of likely N-dealkylation sites (tertiary alicyclic amines) is 1. The maximum Gasteiger partial charge on any atom is 0.0120 e. The minimum Gasteiger partial charge on any atom is -0.314 e. The minimum absolute atomic E-state index is 0.819. The number of aryl methyl sites for hydroxylation is 1. The van der Waals surface area contributed by atoms with Crippen LogP contribution in [0.25, 0.3) is 0 Å². The maximum atomic E-state index is 3.70. The van der Waals surface area contributed by atoms with Crippen LogP contribution >= 0.6 is 0 Å². The van der Waals surface area contributed by atoms with Gasteiger partial charge in [0.15, 0.2) is 0 Å². The van der Waals surface area contributed by atoms with Gasteiger partial charge in [-0.3, -0.25) is 0 Å². The van der Waals surface area contributed by atoms with Crippen molar-refractivity contribution in [3.05, 3.63) is 35.9 Å². The van der Waals surface area contributed by atoms with E-state index in [2.05, 4.69) is 40.5 Å². The lowest BCUT2D eigenvalue weighted by molar-refractivity contribution is 0.113. The monoisotopic (exact) mass is 258 g/mol. The van der Waals surface area contributed by atoms with E-state index in [0.717, 1.165) is 12.0 Å². The molecule has 104 valence electrons. The predicted molar refractivity (Wildman–Crippen MR) is 80.3 cm³/mol. The summed E-state index contributed by atoms with van der Waals surface area (Å²) in [6, 6.07) is 11.7. The lowest BCUT2D eigenvalue weighted by atomic mass is 9.85. The maximum absolute atomic E-state index is 3.70. The first-order valence-electron chi connectivity index (χ1n) is 7.91. The van der Waals surface area contributed by atoms with E-state index in [1.54, 1.807) is 0 Å². The fourth-order valence-corrected chi connectivity index (χ4v) is 3.67. The molecule has 2 aliphatic rings. The van der Waals surface area contributed by atoms with E-state index in [-0.39, 0.29) is 0 Å². The van der Waals surface area contributed by atoms with Gasteiger partial charge in [0.2, 0.25) is 0 Å². The molecule has 0 spiro atoms. The van der Waals surface area contributed by atoms with Crippen molar-refractivity contribution in [1.82, 2.24) is 10.2 Å². The zero-order valence-electron chi connectivity index (χ0n) is 11.9. The van der Waals surface area contributed by atoms with Crippen molar-refractivity contribution < 1.29 is 0 Å². The summed E-state index contributed by atoms with van der Waals surface area (Å²) in [6.07, 6.45) is 6.69. The van der Waals surface area contributed by atoms with E-state index in [1.165, 1.54) is 63.8 Å². The van der Waals surface area contributed by atoms with Gasteiger partial charge in [-0.25, -0.2) is 0 Å². The average Bonchev–Trinajstić information content (AvgIpc) is 2.48. The smallest absolute Gasteiger partial charge is 0.0120 e. The quantitative estimate of drug-likeness (QED) is 0.893. The molecular weight excluding hydrogens is 232 g/mol. The van der Waals surface area contributed by atoms with Gasteiger partial charge in [-0.15, -0.1) is 0 Å². The first-order chi connectivity index (χ1) is 9.42. The Labute approximate surface area is 117 Å². The molecule has 0 bridgehead atoms. The molecule has 0 saturated carbocycles. The minimum atomic E-state index is 0.819. The van der Waals surface area contributed by atoms with Crippen LogP contribution in [0.5, 0.6) is 0 Å². The molecule has 2 aliphatic heterocycles. The molecule has 2 nitrogen and oxygen atoms in total. The molecular formula is C17H26N2. The van der Waals surface area contributed by atoms with Gasteiger partial charge in [0.1, 0.15) is 0 Å². The molecule has 1 aromatic rings. The van der Waals surface area contributed by atoms with E-state index >= 15 is 0 Å². The Morgan fingerprint density at radius 2 is 2.05 bits per heavy atom. The third kappa shape index (κ3) is 3.58. The number of hydrogen-bond donors (Lipinski definition) is 1. The Bertz CT molecular complexity index is 376. The second-order valence-corrected chi connectivity index (χ2v) is 6.14. The molecule has 2 saturated heterocycles. The highest BCUT2D eigenvalue weighted by molar-refractivity contribution is 5.14. The number of fused-ring (bicyclic) bond motifs is 1. The Hall–Kier alpha value is -0.860. The third-order valence-electron chi connectivity index (χ3n) is 4.76. The lowest BCUT2D eigenvalue weighted by Gasteiger charge is -2.41. The van der Waals surface area contributed by atoms with Crippen molar-refractivity contribution in [1.29, 1.82) is 0 Å².